The summed E-state index contributed by atoms with van der Waals surface area (Å²) in [4.78, 5) is 14.6. The van der Waals surface area contributed by atoms with Crippen LogP contribution in [-0.2, 0) is 14.3 Å². The quantitative estimate of drug-likeness (QED) is 0.858. The predicted molar refractivity (Wildman–Crippen MR) is 84.5 cm³/mol. The Labute approximate surface area is 133 Å². The van der Waals surface area contributed by atoms with Crippen molar-refractivity contribution in [3.8, 4) is 0 Å². The highest BCUT2D eigenvalue weighted by molar-refractivity contribution is 5.79. The number of nitrogens with two attached hydrogens (primary N) is 1. The molecule has 3 fully saturated rings. The van der Waals surface area contributed by atoms with E-state index in [-0.39, 0.29) is 12.0 Å². The maximum Gasteiger partial charge on any atom is 0.225 e. The molecule has 3 atom stereocenters. The zero-order valence-corrected chi connectivity index (χ0v) is 13.5. The number of ether oxygens (including phenoxy) is 2. The van der Waals surface area contributed by atoms with Crippen LogP contribution in [0.2, 0.25) is 0 Å². The van der Waals surface area contributed by atoms with Crippen molar-refractivity contribution in [3.63, 3.8) is 0 Å². The van der Waals surface area contributed by atoms with Gasteiger partial charge in [-0.15, -0.1) is 0 Å². The van der Waals surface area contributed by atoms with E-state index in [1.165, 1.54) is 0 Å². The van der Waals surface area contributed by atoms with Gasteiger partial charge < -0.3 is 20.1 Å². The molecule has 2 aliphatic heterocycles. The van der Waals surface area contributed by atoms with E-state index in [2.05, 4.69) is 0 Å². The van der Waals surface area contributed by atoms with Gasteiger partial charge in [-0.05, 0) is 44.9 Å². The zero-order chi connectivity index (χ0) is 15.4. The van der Waals surface area contributed by atoms with Crippen LogP contribution in [0.5, 0.6) is 0 Å². The van der Waals surface area contributed by atoms with Gasteiger partial charge in [-0.25, -0.2) is 0 Å². The summed E-state index contributed by atoms with van der Waals surface area (Å²) in [6.45, 7) is 3.27. The summed E-state index contributed by atoms with van der Waals surface area (Å²) in [5, 5.41) is 0. The molecule has 1 aliphatic carbocycles. The molecule has 0 aromatic rings. The Balaban J connectivity index is 1.38. The van der Waals surface area contributed by atoms with E-state index in [4.69, 9.17) is 15.2 Å². The highest BCUT2D eigenvalue weighted by Gasteiger charge is 2.31. The van der Waals surface area contributed by atoms with Gasteiger partial charge in [0.1, 0.15) is 0 Å². The van der Waals surface area contributed by atoms with E-state index in [1.54, 1.807) is 0 Å². The van der Waals surface area contributed by atoms with Crippen LogP contribution in [0.3, 0.4) is 0 Å². The summed E-state index contributed by atoms with van der Waals surface area (Å²) >= 11 is 0. The molecular weight excluding hydrogens is 280 g/mol. The maximum absolute atomic E-state index is 12.6. The smallest absolute Gasteiger partial charge is 0.225 e. The topological polar surface area (TPSA) is 64.8 Å². The van der Waals surface area contributed by atoms with E-state index in [0.717, 1.165) is 77.7 Å². The number of piperidine rings is 1. The molecule has 3 aliphatic rings. The summed E-state index contributed by atoms with van der Waals surface area (Å²) in [6.07, 6.45) is 8.83. The molecule has 0 aromatic carbocycles. The molecular formula is C17H30N2O3. The summed E-state index contributed by atoms with van der Waals surface area (Å²) in [7, 11) is 0. The number of carbonyl (C=O) groups is 1. The standard InChI is InChI=1S/C17H30N2O3/c18-14-4-1-3-13(11-14)17(20)19-8-6-15(7-9-19)22-12-16-5-2-10-21-16/h13-16H,1-12,18H2/t13-,14+,16-/m0/s1. The Morgan fingerprint density at radius 1 is 1.14 bits per heavy atom. The number of hydrogen-bond donors (Lipinski definition) is 1. The molecule has 2 N–H and O–H groups in total. The summed E-state index contributed by atoms with van der Waals surface area (Å²) in [5.41, 5.74) is 6.01. The number of nitrogens with zero attached hydrogens (tertiary/aromatic N) is 1. The molecule has 1 amide bonds. The lowest BCUT2D eigenvalue weighted by molar-refractivity contribution is -0.139. The SMILES string of the molecule is N[C@@H]1CCC[C@H](C(=O)N2CCC(OC[C@@H]3CCCO3)CC2)C1. The first-order valence-electron chi connectivity index (χ1n) is 9.00. The Morgan fingerprint density at radius 2 is 1.95 bits per heavy atom. The molecule has 0 aromatic heterocycles. The van der Waals surface area contributed by atoms with Crippen LogP contribution >= 0.6 is 0 Å². The van der Waals surface area contributed by atoms with Gasteiger partial charge in [0.25, 0.3) is 0 Å². The highest BCUT2D eigenvalue weighted by atomic mass is 16.5. The Morgan fingerprint density at radius 3 is 2.64 bits per heavy atom. The number of carbonyl (C=O) groups excluding carboxylic acids is 1. The molecule has 2 saturated heterocycles. The minimum Gasteiger partial charge on any atom is -0.376 e. The Hall–Kier alpha value is -0.650. The molecule has 22 heavy (non-hydrogen) atoms. The minimum atomic E-state index is 0.160. The van der Waals surface area contributed by atoms with Crippen LogP contribution in [-0.4, -0.2) is 55.4 Å². The zero-order valence-electron chi connectivity index (χ0n) is 13.5. The van der Waals surface area contributed by atoms with Gasteiger partial charge in [0.15, 0.2) is 0 Å². The molecule has 0 unspecified atom stereocenters. The van der Waals surface area contributed by atoms with Gasteiger partial charge in [0, 0.05) is 31.7 Å². The van der Waals surface area contributed by atoms with Crippen molar-refractivity contribution in [2.75, 3.05) is 26.3 Å². The fraction of sp³-hybridized carbons (Fsp3) is 0.941. The summed E-state index contributed by atoms with van der Waals surface area (Å²) in [6, 6.07) is 0.218. The van der Waals surface area contributed by atoms with E-state index < -0.39 is 0 Å². The Kier molecular flexibility index (Phi) is 5.71. The lowest BCUT2D eigenvalue weighted by Gasteiger charge is -2.36. The number of likely N-dealkylation sites (tertiary alicyclic amines) is 1. The van der Waals surface area contributed by atoms with E-state index >= 15 is 0 Å². The van der Waals surface area contributed by atoms with Crippen LogP contribution in [0.15, 0.2) is 0 Å². The third-order valence-electron chi connectivity index (χ3n) is 5.36. The van der Waals surface area contributed by atoms with Crippen LogP contribution in [0, 0.1) is 5.92 Å². The first kappa shape index (κ1) is 16.2. The fourth-order valence-corrected chi connectivity index (χ4v) is 3.97. The predicted octanol–water partition coefficient (Wildman–Crippen LogP) is 1.69. The monoisotopic (exact) mass is 310 g/mol. The third kappa shape index (κ3) is 4.21. The molecule has 2 heterocycles. The Bertz CT molecular complexity index is 363. The second-order valence-electron chi connectivity index (χ2n) is 7.12. The first-order valence-corrected chi connectivity index (χ1v) is 9.00. The van der Waals surface area contributed by atoms with Gasteiger partial charge in [0.2, 0.25) is 5.91 Å². The van der Waals surface area contributed by atoms with Crippen molar-refractivity contribution in [3.05, 3.63) is 0 Å². The third-order valence-corrected chi connectivity index (χ3v) is 5.36. The highest BCUT2D eigenvalue weighted by Crippen LogP contribution is 2.26. The van der Waals surface area contributed by atoms with Crippen molar-refractivity contribution in [1.29, 1.82) is 0 Å². The average Bonchev–Trinajstić information content (AvgIpc) is 3.06. The van der Waals surface area contributed by atoms with Crippen molar-refractivity contribution in [1.82, 2.24) is 4.90 Å². The van der Waals surface area contributed by atoms with Crippen LogP contribution in [0.1, 0.15) is 51.4 Å². The molecule has 0 radical (unpaired) electrons. The second kappa shape index (κ2) is 7.75. The molecule has 126 valence electrons. The number of hydrogen-bond acceptors (Lipinski definition) is 4. The maximum atomic E-state index is 12.6. The lowest BCUT2D eigenvalue weighted by atomic mass is 9.85. The molecule has 0 spiro atoms. The first-order chi connectivity index (χ1) is 10.7. The van der Waals surface area contributed by atoms with Gasteiger partial charge in [-0.2, -0.15) is 0 Å². The average molecular weight is 310 g/mol. The molecule has 0 bridgehead atoms. The van der Waals surface area contributed by atoms with E-state index in [9.17, 15) is 4.79 Å². The number of amides is 1. The number of rotatable bonds is 4. The van der Waals surface area contributed by atoms with Crippen LogP contribution < -0.4 is 5.73 Å². The molecule has 5 nitrogen and oxygen atoms in total. The van der Waals surface area contributed by atoms with Crippen molar-refractivity contribution >= 4 is 5.91 Å². The van der Waals surface area contributed by atoms with Crippen molar-refractivity contribution in [2.24, 2.45) is 11.7 Å². The second-order valence-corrected chi connectivity index (χ2v) is 7.12. The molecule has 1 saturated carbocycles. The van der Waals surface area contributed by atoms with Crippen LogP contribution in [0.25, 0.3) is 0 Å². The van der Waals surface area contributed by atoms with Gasteiger partial charge in [-0.3, -0.25) is 4.79 Å². The minimum absolute atomic E-state index is 0.160. The normalized spacial score (nSPS) is 34.0. The van der Waals surface area contributed by atoms with Crippen molar-refractivity contribution < 1.29 is 14.3 Å². The molecule has 5 heteroatoms. The summed E-state index contributed by atoms with van der Waals surface area (Å²) < 4.78 is 11.6. The van der Waals surface area contributed by atoms with E-state index in [0.29, 0.717) is 18.1 Å². The fourth-order valence-electron chi connectivity index (χ4n) is 3.97. The van der Waals surface area contributed by atoms with Crippen LogP contribution in [0.4, 0.5) is 0 Å². The van der Waals surface area contributed by atoms with Gasteiger partial charge in [0.05, 0.1) is 18.8 Å². The van der Waals surface area contributed by atoms with Gasteiger partial charge >= 0.3 is 0 Å². The summed E-state index contributed by atoms with van der Waals surface area (Å²) in [5.74, 6) is 0.487. The lowest BCUT2D eigenvalue weighted by Crippen LogP contribution is -2.45. The van der Waals surface area contributed by atoms with Crippen molar-refractivity contribution in [2.45, 2.75) is 69.6 Å². The molecule has 3 rings (SSSR count). The van der Waals surface area contributed by atoms with Gasteiger partial charge in [-0.1, -0.05) is 6.42 Å². The van der Waals surface area contributed by atoms with E-state index in [1.807, 2.05) is 4.90 Å². The largest absolute Gasteiger partial charge is 0.376 e.